The smallest absolute Gasteiger partial charge is 0.270 e. The molecule has 2 bridgehead atoms. The Kier molecular flexibility index (Phi) is 4.21. The number of hydrogen-bond acceptors (Lipinski definition) is 4. The Balaban J connectivity index is 1.66. The number of benzene rings is 1. The number of aliphatic carboxylic acids is 1. The highest BCUT2D eigenvalue weighted by Gasteiger charge is 2.48. The minimum absolute atomic E-state index is 0.122. The second kappa shape index (κ2) is 6.16. The molecule has 120 valence electrons. The normalized spacial score (nSPS) is 27.7. The molecule has 3 rings (SSSR count). The molecule has 0 aromatic heterocycles. The Morgan fingerprint density at radius 1 is 1.04 bits per heavy atom. The Hall–Kier alpha value is -2.15. The van der Waals surface area contributed by atoms with Crippen molar-refractivity contribution in [3.8, 4) is 0 Å². The third kappa shape index (κ3) is 2.88. The lowest BCUT2D eigenvalue weighted by Crippen LogP contribution is -2.50. The maximum absolute atomic E-state index is 12.3. The van der Waals surface area contributed by atoms with Crippen molar-refractivity contribution in [2.45, 2.75) is 6.42 Å². The van der Waals surface area contributed by atoms with E-state index in [1.54, 1.807) is 24.3 Å². The van der Waals surface area contributed by atoms with Crippen LogP contribution >= 0.6 is 15.9 Å². The molecule has 7 heteroatoms. The van der Waals surface area contributed by atoms with Crippen LogP contribution in [0.3, 0.4) is 0 Å². The van der Waals surface area contributed by atoms with Gasteiger partial charge in [0.1, 0.15) is 0 Å². The minimum atomic E-state index is -1.22. The van der Waals surface area contributed by atoms with Gasteiger partial charge < -0.3 is 9.90 Å². The van der Waals surface area contributed by atoms with Crippen LogP contribution in [0.5, 0.6) is 0 Å². The summed E-state index contributed by atoms with van der Waals surface area (Å²) in [5.41, 5.74) is 5.04. The molecule has 23 heavy (non-hydrogen) atoms. The van der Waals surface area contributed by atoms with Gasteiger partial charge in [-0.05, 0) is 46.3 Å². The van der Waals surface area contributed by atoms with Gasteiger partial charge in [-0.25, -0.2) is 0 Å². The van der Waals surface area contributed by atoms with Gasteiger partial charge in [-0.15, -0.1) is 0 Å². The molecule has 2 amide bonds. The number of carboxylic acid groups (broad SMARTS) is 1. The maximum atomic E-state index is 12.3. The van der Waals surface area contributed by atoms with Gasteiger partial charge in [0.05, 0.1) is 11.5 Å². The number of rotatable bonds is 3. The van der Waals surface area contributed by atoms with Gasteiger partial charge in [-0.2, -0.15) is 0 Å². The first kappa shape index (κ1) is 15.7. The van der Waals surface area contributed by atoms with Crippen LogP contribution in [0, 0.1) is 23.7 Å². The van der Waals surface area contributed by atoms with Crippen LogP contribution in [0.2, 0.25) is 0 Å². The van der Waals surface area contributed by atoms with Crippen LogP contribution in [0.1, 0.15) is 16.8 Å². The number of nitrogens with one attached hydrogen (secondary N) is 2. The lowest BCUT2D eigenvalue weighted by atomic mass is 9.82. The fraction of sp³-hybridized carbons (Fsp3) is 0.312. The van der Waals surface area contributed by atoms with E-state index >= 15 is 0 Å². The molecule has 0 spiro atoms. The molecule has 6 nitrogen and oxygen atoms in total. The summed E-state index contributed by atoms with van der Waals surface area (Å²) >= 11 is 3.26. The number of carbonyl (C=O) groups is 3. The summed E-state index contributed by atoms with van der Waals surface area (Å²) in [6.07, 6.45) is 4.33. The summed E-state index contributed by atoms with van der Waals surface area (Å²) in [6.45, 7) is 0. The molecule has 0 unspecified atom stereocenters. The fourth-order valence-corrected chi connectivity index (χ4v) is 3.88. The largest absolute Gasteiger partial charge is 0.550 e. The van der Waals surface area contributed by atoms with E-state index in [1.807, 2.05) is 12.2 Å². The van der Waals surface area contributed by atoms with Gasteiger partial charge in [-0.3, -0.25) is 20.4 Å². The molecule has 2 N–H and O–H groups in total. The predicted octanol–water partition coefficient (Wildman–Crippen LogP) is 0.398. The highest BCUT2D eigenvalue weighted by molar-refractivity contribution is 9.10. The highest BCUT2D eigenvalue weighted by Crippen LogP contribution is 2.47. The van der Waals surface area contributed by atoms with Crippen molar-refractivity contribution >= 4 is 33.7 Å². The van der Waals surface area contributed by atoms with Gasteiger partial charge in [0, 0.05) is 16.4 Å². The number of fused-ring (bicyclic) bond motifs is 2. The molecule has 0 radical (unpaired) electrons. The van der Waals surface area contributed by atoms with Crippen LogP contribution in [-0.4, -0.2) is 17.8 Å². The van der Waals surface area contributed by atoms with Crippen LogP contribution in [0.4, 0.5) is 0 Å². The predicted molar refractivity (Wildman–Crippen MR) is 82.5 cm³/mol. The zero-order chi connectivity index (χ0) is 16.6. The Morgan fingerprint density at radius 3 is 2.35 bits per heavy atom. The summed E-state index contributed by atoms with van der Waals surface area (Å²) < 4.78 is 0.599. The molecule has 0 aliphatic heterocycles. The zero-order valence-electron chi connectivity index (χ0n) is 12.0. The molecule has 4 atom stereocenters. The fourth-order valence-electron chi connectivity index (χ4n) is 3.42. The maximum Gasteiger partial charge on any atom is 0.270 e. The molecule has 1 aromatic carbocycles. The molecule has 2 aliphatic rings. The monoisotopic (exact) mass is 377 g/mol. The van der Waals surface area contributed by atoms with Gasteiger partial charge in [-0.1, -0.05) is 24.3 Å². The Labute approximate surface area is 141 Å². The topological polar surface area (TPSA) is 98.3 Å². The average molecular weight is 378 g/mol. The SMILES string of the molecule is O=C(NNC(=O)[C@H]1[C@@H](C(=O)[O-])[C@H]2C=C[C@H]1C2)c1ccccc1Br. The highest BCUT2D eigenvalue weighted by atomic mass is 79.9. The number of halogens is 1. The van der Waals surface area contributed by atoms with E-state index in [-0.39, 0.29) is 11.8 Å². The molecule has 1 fully saturated rings. The summed E-state index contributed by atoms with van der Waals surface area (Å²) in [6, 6.07) is 6.79. The van der Waals surface area contributed by atoms with Crippen LogP contribution in [0.25, 0.3) is 0 Å². The van der Waals surface area contributed by atoms with Gasteiger partial charge in [0.2, 0.25) is 5.91 Å². The number of carbonyl (C=O) groups excluding carboxylic acids is 3. The lowest BCUT2D eigenvalue weighted by molar-refractivity contribution is -0.313. The molecule has 1 aromatic rings. The second-order valence-corrected chi connectivity index (χ2v) is 6.60. The van der Waals surface area contributed by atoms with E-state index in [2.05, 4.69) is 26.8 Å². The first-order valence-corrected chi connectivity index (χ1v) is 8.02. The van der Waals surface area contributed by atoms with E-state index in [1.165, 1.54) is 0 Å². The van der Waals surface area contributed by atoms with E-state index in [9.17, 15) is 19.5 Å². The van der Waals surface area contributed by atoms with Crippen molar-refractivity contribution in [1.82, 2.24) is 10.9 Å². The van der Waals surface area contributed by atoms with Gasteiger partial charge in [0.15, 0.2) is 0 Å². The minimum Gasteiger partial charge on any atom is -0.550 e. The lowest BCUT2D eigenvalue weighted by Gasteiger charge is -2.27. The molecule has 0 saturated heterocycles. The van der Waals surface area contributed by atoms with Crippen molar-refractivity contribution in [2.75, 3.05) is 0 Å². The van der Waals surface area contributed by atoms with Crippen LogP contribution in [0.15, 0.2) is 40.9 Å². The van der Waals surface area contributed by atoms with Crippen LogP contribution < -0.4 is 16.0 Å². The van der Waals surface area contributed by atoms with E-state index < -0.39 is 29.6 Å². The second-order valence-electron chi connectivity index (χ2n) is 5.74. The third-order valence-corrected chi connectivity index (χ3v) is 5.14. The molecule has 1 saturated carbocycles. The first-order chi connectivity index (χ1) is 11.0. The summed E-state index contributed by atoms with van der Waals surface area (Å²) in [5.74, 6) is -4.05. The first-order valence-electron chi connectivity index (χ1n) is 7.23. The summed E-state index contributed by atoms with van der Waals surface area (Å²) in [4.78, 5) is 35.7. The zero-order valence-corrected chi connectivity index (χ0v) is 13.6. The van der Waals surface area contributed by atoms with E-state index in [4.69, 9.17) is 0 Å². The van der Waals surface area contributed by atoms with Crippen molar-refractivity contribution in [2.24, 2.45) is 23.7 Å². The number of hydrogen-bond donors (Lipinski definition) is 2. The van der Waals surface area contributed by atoms with E-state index in [0.717, 1.165) is 0 Å². The molecule has 0 heterocycles. The van der Waals surface area contributed by atoms with Crippen molar-refractivity contribution in [3.05, 3.63) is 46.5 Å². The van der Waals surface area contributed by atoms with Gasteiger partial charge in [0.25, 0.3) is 5.91 Å². The number of amides is 2. The summed E-state index contributed by atoms with van der Waals surface area (Å²) in [7, 11) is 0. The number of allylic oxidation sites excluding steroid dienone is 2. The molecule has 2 aliphatic carbocycles. The van der Waals surface area contributed by atoms with Gasteiger partial charge >= 0.3 is 0 Å². The Morgan fingerprint density at radius 2 is 1.70 bits per heavy atom. The van der Waals surface area contributed by atoms with Crippen molar-refractivity contribution in [1.29, 1.82) is 0 Å². The molecular weight excluding hydrogens is 364 g/mol. The summed E-state index contributed by atoms with van der Waals surface area (Å²) in [5, 5.41) is 11.3. The quantitative estimate of drug-likeness (QED) is 0.588. The average Bonchev–Trinajstić information content (AvgIpc) is 3.13. The number of hydrazine groups is 1. The van der Waals surface area contributed by atoms with Crippen LogP contribution in [-0.2, 0) is 9.59 Å². The Bertz CT molecular complexity index is 703. The van der Waals surface area contributed by atoms with Crippen molar-refractivity contribution in [3.63, 3.8) is 0 Å². The molecular formula is C16H14BrN2O4-. The third-order valence-electron chi connectivity index (χ3n) is 4.45. The van der Waals surface area contributed by atoms with E-state index in [0.29, 0.717) is 16.5 Å². The number of carboxylic acids is 1. The van der Waals surface area contributed by atoms with Crippen molar-refractivity contribution < 1.29 is 19.5 Å². The standard InChI is InChI=1S/C16H15BrN2O4/c17-11-4-2-1-3-10(11)14(20)18-19-15(21)12-8-5-6-9(7-8)13(12)16(22)23/h1-6,8-9,12-13H,7H2,(H,18,20)(H,19,21)(H,22,23)/p-1/t8-,9-,12+,13-/m0/s1.